The molecule has 1 amide bonds. The molecule has 0 bridgehead atoms. The van der Waals surface area contributed by atoms with E-state index in [1.54, 1.807) is 0 Å². The second kappa shape index (κ2) is 6.02. The summed E-state index contributed by atoms with van der Waals surface area (Å²) < 4.78 is 0. The molecule has 102 valence electrons. The predicted octanol–water partition coefficient (Wildman–Crippen LogP) is 1.66. The van der Waals surface area contributed by atoms with Gasteiger partial charge in [0.1, 0.15) is 4.99 Å². The average molecular weight is 277 g/mol. The highest BCUT2D eigenvalue weighted by molar-refractivity contribution is 7.80. The molecule has 0 radical (unpaired) electrons. The number of rotatable bonds is 4. The molecule has 0 unspecified atom stereocenters. The van der Waals surface area contributed by atoms with Crippen LogP contribution in [0.2, 0.25) is 0 Å². The molecule has 0 aliphatic carbocycles. The first kappa shape index (κ1) is 13.8. The summed E-state index contributed by atoms with van der Waals surface area (Å²) >= 11 is 5.04. The van der Waals surface area contributed by atoms with Gasteiger partial charge in [-0.15, -0.1) is 0 Å². The Kier molecular flexibility index (Phi) is 4.37. The van der Waals surface area contributed by atoms with E-state index < -0.39 is 0 Å². The van der Waals surface area contributed by atoms with Gasteiger partial charge in [0.2, 0.25) is 5.91 Å². The summed E-state index contributed by atoms with van der Waals surface area (Å²) in [5.74, 6) is 0.131. The van der Waals surface area contributed by atoms with Crippen molar-refractivity contribution in [1.82, 2.24) is 4.90 Å². The fourth-order valence-corrected chi connectivity index (χ4v) is 2.43. The van der Waals surface area contributed by atoms with Crippen molar-refractivity contribution >= 4 is 28.8 Å². The number of carbonyl (C=O) groups is 1. The minimum atomic E-state index is 0.131. The average Bonchev–Trinajstić information content (AvgIpc) is 2.90. The van der Waals surface area contributed by atoms with Crippen LogP contribution in [0.15, 0.2) is 18.2 Å². The van der Waals surface area contributed by atoms with Gasteiger partial charge in [-0.2, -0.15) is 0 Å². The third-order valence-electron chi connectivity index (χ3n) is 3.33. The Balaban J connectivity index is 2.02. The van der Waals surface area contributed by atoms with E-state index in [0.717, 1.165) is 42.7 Å². The molecule has 1 fully saturated rings. The molecule has 1 saturated heterocycles. The summed E-state index contributed by atoms with van der Waals surface area (Å²) in [4.78, 5) is 14.2. The largest absolute Gasteiger partial charge is 0.389 e. The van der Waals surface area contributed by atoms with Gasteiger partial charge < -0.3 is 16.0 Å². The molecule has 1 heterocycles. The number of thiocarbonyl (C=S) groups is 1. The minimum absolute atomic E-state index is 0.131. The number of nitrogens with two attached hydrogens (primary N) is 1. The van der Waals surface area contributed by atoms with Gasteiger partial charge in [-0.3, -0.25) is 4.79 Å². The van der Waals surface area contributed by atoms with E-state index in [-0.39, 0.29) is 5.91 Å². The molecular formula is C14H19N3OS. The molecule has 0 atom stereocenters. The highest BCUT2D eigenvalue weighted by atomic mass is 32.1. The lowest BCUT2D eigenvalue weighted by Crippen LogP contribution is -2.33. The van der Waals surface area contributed by atoms with Crippen molar-refractivity contribution in [3.63, 3.8) is 0 Å². The third-order valence-corrected chi connectivity index (χ3v) is 3.55. The molecule has 0 aromatic heterocycles. The monoisotopic (exact) mass is 277 g/mol. The Morgan fingerprint density at radius 2 is 2.11 bits per heavy atom. The first-order chi connectivity index (χ1) is 9.08. The van der Waals surface area contributed by atoms with E-state index in [0.29, 0.717) is 11.5 Å². The zero-order valence-electron chi connectivity index (χ0n) is 11.1. The lowest BCUT2D eigenvalue weighted by atomic mass is 10.1. The Hall–Kier alpha value is -1.62. The van der Waals surface area contributed by atoms with Gasteiger partial charge in [-0.05, 0) is 31.9 Å². The maximum atomic E-state index is 12.0. The summed E-state index contributed by atoms with van der Waals surface area (Å²) in [5.41, 5.74) is 8.42. The van der Waals surface area contributed by atoms with E-state index in [4.69, 9.17) is 18.0 Å². The molecule has 19 heavy (non-hydrogen) atoms. The molecule has 5 heteroatoms. The number of benzene rings is 1. The van der Waals surface area contributed by atoms with Gasteiger partial charge in [0.25, 0.3) is 0 Å². The van der Waals surface area contributed by atoms with Crippen molar-refractivity contribution in [2.75, 3.05) is 25.0 Å². The molecule has 1 aromatic carbocycles. The van der Waals surface area contributed by atoms with Crippen molar-refractivity contribution in [1.29, 1.82) is 0 Å². The van der Waals surface area contributed by atoms with Gasteiger partial charge in [0.15, 0.2) is 0 Å². The molecule has 1 aliphatic heterocycles. The number of hydrogen-bond donors (Lipinski definition) is 2. The predicted molar refractivity (Wildman–Crippen MR) is 81.4 cm³/mol. The van der Waals surface area contributed by atoms with Crippen LogP contribution in [0.4, 0.5) is 5.69 Å². The number of aryl methyl sites for hydroxylation is 1. The molecule has 4 nitrogen and oxygen atoms in total. The number of anilines is 1. The van der Waals surface area contributed by atoms with Crippen LogP contribution in [0.25, 0.3) is 0 Å². The Morgan fingerprint density at radius 3 is 2.74 bits per heavy atom. The fourth-order valence-electron chi connectivity index (χ4n) is 2.27. The fraction of sp³-hybridized carbons (Fsp3) is 0.429. The minimum Gasteiger partial charge on any atom is -0.389 e. The highest BCUT2D eigenvalue weighted by Crippen LogP contribution is 2.17. The van der Waals surface area contributed by atoms with Crippen molar-refractivity contribution in [3.8, 4) is 0 Å². The van der Waals surface area contributed by atoms with E-state index in [1.807, 2.05) is 30.0 Å². The zero-order valence-corrected chi connectivity index (χ0v) is 11.9. The van der Waals surface area contributed by atoms with Crippen LogP contribution in [0.5, 0.6) is 0 Å². The first-order valence-corrected chi connectivity index (χ1v) is 6.91. The standard InChI is InChI=1S/C14H19N3OS/c1-10-4-5-12(11(8-10)14(15)19)16-9-13(18)17-6-2-3-7-17/h4-5,8,16H,2-3,6-7,9H2,1H3,(H2,15,19). The van der Waals surface area contributed by atoms with Crippen molar-refractivity contribution in [2.45, 2.75) is 19.8 Å². The Labute approximate surface area is 119 Å². The van der Waals surface area contributed by atoms with Crippen LogP contribution in [-0.2, 0) is 4.79 Å². The third kappa shape index (κ3) is 3.44. The Bertz CT molecular complexity index is 495. The van der Waals surface area contributed by atoms with Crippen molar-refractivity contribution < 1.29 is 4.79 Å². The van der Waals surface area contributed by atoms with Crippen LogP contribution in [0.1, 0.15) is 24.0 Å². The highest BCUT2D eigenvalue weighted by Gasteiger charge is 2.17. The van der Waals surface area contributed by atoms with Gasteiger partial charge in [-0.25, -0.2) is 0 Å². The topological polar surface area (TPSA) is 58.4 Å². The number of likely N-dealkylation sites (tertiary alicyclic amines) is 1. The molecule has 1 aromatic rings. The van der Waals surface area contributed by atoms with Crippen LogP contribution in [0.3, 0.4) is 0 Å². The van der Waals surface area contributed by atoms with Crippen LogP contribution < -0.4 is 11.1 Å². The summed E-state index contributed by atoms with van der Waals surface area (Å²) in [6.07, 6.45) is 2.21. The van der Waals surface area contributed by atoms with Gasteiger partial charge >= 0.3 is 0 Å². The number of hydrogen-bond acceptors (Lipinski definition) is 3. The molecule has 1 aliphatic rings. The van der Waals surface area contributed by atoms with E-state index in [1.165, 1.54) is 0 Å². The maximum absolute atomic E-state index is 12.0. The summed E-state index contributed by atoms with van der Waals surface area (Å²) in [7, 11) is 0. The lowest BCUT2D eigenvalue weighted by molar-refractivity contribution is -0.128. The summed E-state index contributed by atoms with van der Waals surface area (Å²) in [6, 6.07) is 5.83. The van der Waals surface area contributed by atoms with Crippen LogP contribution in [-0.4, -0.2) is 35.4 Å². The van der Waals surface area contributed by atoms with Crippen LogP contribution in [0, 0.1) is 6.92 Å². The summed E-state index contributed by atoms with van der Waals surface area (Å²) in [6.45, 7) is 4.02. The second-order valence-corrected chi connectivity index (χ2v) is 5.29. The number of amides is 1. The maximum Gasteiger partial charge on any atom is 0.241 e. The number of carbonyl (C=O) groups excluding carboxylic acids is 1. The van der Waals surface area contributed by atoms with Crippen molar-refractivity contribution in [2.24, 2.45) is 5.73 Å². The van der Waals surface area contributed by atoms with E-state index in [9.17, 15) is 4.79 Å². The van der Waals surface area contributed by atoms with Gasteiger partial charge in [0, 0.05) is 24.3 Å². The smallest absolute Gasteiger partial charge is 0.241 e. The molecular weight excluding hydrogens is 258 g/mol. The molecule has 0 spiro atoms. The van der Waals surface area contributed by atoms with Crippen molar-refractivity contribution in [3.05, 3.63) is 29.3 Å². The molecule has 0 saturated carbocycles. The van der Waals surface area contributed by atoms with Crippen LogP contribution >= 0.6 is 12.2 Å². The molecule has 3 N–H and O–H groups in total. The SMILES string of the molecule is Cc1ccc(NCC(=O)N2CCCC2)c(C(N)=S)c1. The second-order valence-electron chi connectivity index (χ2n) is 4.85. The lowest BCUT2D eigenvalue weighted by Gasteiger charge is -2.17. The zero-order chi connectivity index (χ0) is 13.8. The number of nitrogens with one attached hydrogen (secondary N) is 1. The molecule has 2 rings (SSSR count). The van der Waals surface area contributed by atoms with Gasteiger partial charge in [0.05, 0.1) is 6.54 Å². The quantitative estimate of drug-likeness (QED) is 0.822. The van der Waals surface area contributed by atoms with E-state index in [2.05, 4.69) is 5.32 Å². The first-order valence-electron chi connectivity index (χ1n) is 6.50. The summed E-state index contributed by atoms with van der Waals surface area (Å²) in [5, 5.41) is 3.14. The van der Waals surface area contributed by atoms with E-state index >= 15 is 0 Å². The number of nitrogens with zero attached hydrogens (tertiary/aromatic N) is 1. The van der Waals surface area contributed by atoms with Gasteiger partial charge in [-0.1, -0.05) is 23.8 Å². The normalized spacial score (nSPS) is 14.5. The Morgan fingerprint density at radius 1 is 1.42 bits per heavy atom.